The van der Waals surface area contributed by atoms with Crippen molar-refractivity contribution in [2.45, 2.75) is 287 Å². The van der Waals surface area contributed by atoms with Crippen molar-refractivity contribution in [1.29, 1.82) is 0 Å². The summed E-state index contributed by atoms with van der Waals surface area (Å²) in [5.74, 6) is -0.938. The first-order valence-corrected chi connectivity index (χ1v) is 27.3. The van der Waals surface area contributed by atoms with Gasteiger partial charge >= 0.3 is 11.9 Å². The van der Waals surface area contributed by atoms with Crippen molar-refractivity contribution >= 4 is 11.9 Å². The molecule has 0 aromatic rings. The van der Waals surface area contributed by atoms with Gasteiger partial charge in [0.25, 0.3) is 0 Å². The minimum absolute atomic E-state index is 0.140. The highest BCUT2D eigenvalue weighted by atomic mass is 16.7. The fourth-order valence-electron chi connectivity index (χ4n) is 8.74. The van der Waals surface area contributed by atoms with Crippen LogP contribution in [0.2, 0.25) is 0 Å². The van der Waals surface area contributed by atoms with Gasteiger partial charge in [-0.15, -0.1) is 0 Å². The summed E-state index contributed by atoms with van der Waals surface area (Å²) in [4.78, 5) is 25.8. The molecule has 2 aliphatic rings. The highest BCUT2D eigenvalue weighted by Crippen LogP contribution is 2.27. The zero-order valence-electron chi connectivity index (χ0n) is 42.4. The molecule has 0 bridgehead atoms. The van der Waals surface area contributed by atoms with E-state index in [1.807, 2.05) is 0 Å². The van der Waals surface area contributed by atoms with Gasteiger partial charge in [0, 0.05) is 12.8 Å². The Balaban J connectivity index is 1.79. The normalized spacial score (nSPS) is 25.8. The number of allylic oxidation sites excluding steroid dienone is 2. The Morgan fingerprint density at radius 3 is 1.32 bits per heavy atom. The van der Waals surface area contributed by atoms with Gasteiger partial charge in [-0.25, -0.2) is 0 Å². The van der Waals surface area contributed by atoms with E-state index in [1.165, 1.54) is 141 Å². The fraction of sp³-hybridized carbons (Fsp3) is 0.925. The largest absolute Gasteiger partial charge is 0.462 e. The molecular weight excluding hydrogens is 877 g/mol. The van der Waals surface area contributed by atoms with Crippen LogP contribution in [0.15, 0.2) is 12.2 Å². The van der Waals surface area contributed by atoms with Crippen LogP contribution >= 0.6 is 0 Å². The summed E-state index contributed by atoms with van der Waals surface area (Å²) < 4.78 is 33.6. The van der Waals surface area contributed by atoms with Gasteiger partial charge in [0.15, 0.2) is 18.7 Å². The van der Waals surface area contributed by atoms with Crippen molar-refractivity contribution in [2.24, 2.45) is 0 Å². The van der Waals surface area contributed by atoms with Gasteiger partial charge in [-0.05, 0) is 38.5 Å². The van der Waals surface area contributed by atoms with E-state index in [0.29, 0.717) is 12.8 Å². The smallest absolute Gasteiger partial charge is 0.306 e. The van der Waals surface area contributed by atoms with Crippen LogP contribution in [0.4, 0.5) is 0 Å². The minimum atomic E-state index is -1.76. The maximum atomic E-state index is 13.0. The van der Waals surface area contributed by atoms with Gasteiger partial charge in [-0.1, -0.05) is 180 Å². The molecule has 4 unspecified atom stereocenters. The quantitative estimate of drug-likeness (QED) is 0.0174. The standard InChI is InChI=1S/C53H98O15/c1-3-5-7-9-11-13-15-17-19-20-22-23-25-27-29-31-33-35-44(55)63-38-41(66-45(56)36-34-32-30-28-26-24-21-18-16-14-12-10-8-6-4-2)39-64-52-51(62)49(60)47(58)43(68-52)40-65-53-50(61)48(59)46(57)42(37-54)67-53/h26,28,41-43,46-54,57-62H,3-25,27,29-40H2,1-2H3/b28-26+/t41-,42+,43+,46-,47-,48?,49?,50?,51?,52+,53+/m0/s1. The van der Waals surface area contributed by atoms with Crippen LogP contribution in [-0.2, 0) is 38.0 Å². The summed E-state index contributed by atoms with van der Waals surface area (Å²) in [6.07, 6.45) is 23.8. The average molecular weight is 975 g/mol. The van der Waals surface area contributed by atoms with Crippen LogP contribution in [0.5, 0.6) is 0 Å². The van der Waals surface area contributed by atoms with Gasteiger partial charge in [-0.3, -0.25) is 9.59 Å². The molecule has 2 fully saturated rings. The first kappa shape index (κ1) is 62.4. The number of carbonyl (C=O) groups excluding carboxylic acids is 2. The number of hydrogen-bond acceptors (Lipinski definition) is 15. The number of esters is 2. The summed E-state index contributed by atoms with van der Waals surface area (Å²) in [5.41, 5.74) is 0. The lowest BCUT2D eigenvalue weighted by Gasteiger charge is -2.42. The first-order chi connectivity index (χ1) is 33.0. The Labute approximate surface area is 410 Å². The molecule has 0 aliphatic carbocycles. The first-order valence-electron chi connectivity index (χ1n) is 27.3. The maximum absolute atomic E-state index is 13.0. The molecule has 2 saturated heterocycles. The van der Waals surface area contributed by atoms with E-state index < -0.39 is 92.7 Å². The zero-order chi connectivity index (χ0) is 49.6. The molecule has 0 aromatic carbocycles. The molecule has 11 atom stereocenters. The van der Waals surface area contributed by atoms with E-state index >= 15 is 0 Å². The molecule has 0 saturated carbocycles. The van der Waals surface area contributed by atoms with E-state index in [4.69, 9.17) is 28.4 Å². The summed E-state index contributed by atoms with van der Waals surface area (Å²) in [7, 11) is 0. The van der Waals surface area contributed by atoms with Crippen LogP contribution in [0, 0.1) is 0 Å². The summed E-state index contributed by atoms with van der Waals surface area (Å²) in [6.45, 7) is 2.60. The Bertz CT molecular complexity index is 1240. The molecule has 2 rings (SSSR count). The molecule has 15 nitrogen and oxygen atoms in total. The third-order valence-electron chi connectivity index (χ3n) is 13.2. The van der Waals surface area contributed by atoms with Crippen molar-refractivity contribution in [3.05, 3.63) is 12.2 Å². The van der Waals surface area contributed by atoms with Gasteiger partial charge < -0.3 is 64.2 Å². The number of rotatable bonds is 43. The molecule has 2 aliphatic heterocycles. The molecule has 2 heterocycles. The van der Waals surface area contributed by atoms with E-state index in [0.717, 1.165) is 38.5 Å². The number of aliphatic hydroxyl groups excluding tert-OH is 7. The second-order valence-corrected chi connectivity index (χ2v) is 19.4. The summed E-state index contributed by atoms with van der Waals surface area (Å²) in [6, 6.07) is 0. The van der Waals surface area contributed by atoms with Gasteiger partial charge in [0.2, 0.25) is 0 Å². The molecule has 0 spiro atoms. The third-order valence-corrected chi connectivity index (χ3v) is 13.2. The molecule has 0 amide bonds. The minimum Gasteiger partial charge on any atom is -0.462 e. The predicted molar refractivity (Wildman–Crippen MR) is 261 cm³/mol. The van der Waals surface area contributed by atoms with Gasteiger partial charge in [0.1, 0.15) is 55.4 Å². The van der Waals surface area contributed by atoms with Crippen LogP contribution in [0.25, 0.3) is 0 Å². The lowest BCUT2D eigenvalue weighted by Crippen LogP contribution is -2.61. The number of carbonyl (C=O) groups is 2. The monoisotopic (exact) mass is 975 g/mol. The molecule has 400 valence electrons. The molecule has 0 radical (unpaired) electrons. The highest BCUT2D eigenvalue weighted by molar-refractivity contribution is 5.70. The number of ether oxygens (including phenoxy) is 6. The van der Waals surface area contributed by atoms with Crippen LogP contribution in [0.3, 0.4) is 0 Å². The molecule has 68 heavy (non-hydrogen) atoms. The van der Waals surface area contributed by atoms with E-state index in [-0.39, 0.29) is 26.1 Å². The van der Waals surface area contributed by atoms with E-state index in [1.54, 1.807) is 0 Å². The molecule has 7 N–H and O–H groups in total. The van der Waals surface area contributed by atoms with Crippen LogP contribution in [0.1, 0.15) is 219 Å². The van der Waals surface area contributed by atoms with E-state index in [2.05, 4.69) is 26.0 Å². The van der Waals surface area contributed by atoms with Crippen molar-refractivity contribution in [3.8, 4) is 0 Å². The fourth-order valence-corrected chi connectivity index (χ4v) is 8.74. The SMILES string of the molecule is CCCCCCCCCCC/C=C/CCCCC(=O)O[C@@H](COC(=O)CCCCCCCCCCCCCCCCCCC)CO[C@@H]1O[C@H](CO[C@@H]2O[C@H](CO)[C@H](O)C(O)C2O)[C@H](O)C(O)C1O. The molecular formula is C53H98O15. The lowest BCUT2D eigenvalue weighted by atomic mass is 9.98. The van der Waals surface area contributed by atoms with Crippen molar-refractivity contribution in [1.82, 2.24) is 0 Å². The van der Waals surface area contributed by atoms with Crippen molar-refractivity contribution < 1.29 is 73.8 Å². The average Bonchev–Trinajstić information content (AvgIpc) is 3.33. The van der Waals surface area contributed by atoms with Crippen molar-refractivity contribution in [3.63, 3.8) is 0 Å². The van der Waals surface area contributed by atoms with Crippen LogP contribution < -0.4 is 0 Å². The topological polar surface area (TPSA) is 231 Å². The Kier molecular flexibility index (Phi) is 37.4. The molecule has 0 aromatic heterocycles. The van der Waals surface area contributed by atoms with Gasteiger partial charge in [-0.2, -0.15) is 0 Å². The zero-order valence-corrected chi connectivity index (χ0v) is 42.4. The Morgan fingerprint density at radius 2 is 0.838 bits per heavy atom. The number of unbranched alkanes of at least 4 members (excludes halogenated alkanes) is 27. The van der Waals surface area contributed by atoms with Gasteiger partial charge in [0.05, 0.1) is 19.8 Å². The Hall–Kier alpha value is -1.76. The lowest BCUT2D eigenvalue weighted by molar-refractivity contribution is -0.332. The molecule has 15 heteroatoms. The second kappa shape index (κ2) is 40.8. The number of aliphatic hydroxyl groups is 7. The number of hydrogen-bond donors (Lipinski definition) is 7. The maximum Gasteiger partial charge on any atom is 0.306 e. The second-order valence-electron chi connectivity index (χ2n) is 19.4. The third kappa shape index (κ3) is 28.3. The van der Waals surface area contributed by atoms with E-state index in [9.17, 15) is 45.3 Å². The van der Waals surface area contributed by atoms with Crippen molar-refractivity contribution in [2.75, 3.05) is 26.4 Å². The predicted octanol–water partition coefficient (Wildman–Crippen LogP) is 8.16. The van der Waals surface area contributed by atoms with Crippen LogP contribution in [-0.4, -0.2) is 142 Å². The Morgan fingerprint density at radius 1 is 0.456 bits per heavy atom. The summed E-state index contributed by atoms with van der Waals surface area (Å²) >= 11 is 0. The summed E-state index contributed by atoms with van der Waals surface area (Å²) in [5, 5.41) is 72.1. The highest BCUT2D eigenvalue weighted by Gasteiger charge is 2.47.